The molecule has 21 heavy (non-hydrogen) atoms. The highest BCUT2D eigenvalue weighted by molar-refractivity contribution is 5.93. The van der Waals surface area contributed by atoms with E-state index in [0.29, 0.717) is 18.9 Å². The van der Waals surface area contributed by atoms with Gasteiger partial charge in [-0.3, -0.25) is 4.79 Å². The van der Waals surface area contributed by atoms with Crippen molar-refractivity contribution in [3.63, 3.8) is 0 Å². The SMILES string of the molecule is Cc1c(C(=O)O)n(C2CC2)c2c(F)c(F)c(F)cc2c1=O. The molecule has 1 aliphatic carbocycles. The molecule has 1 aliphatic rings. The van der Waals surface area contributed by atoms with Gasteiger partial charge in [-0.05, 0) is 25.8 Å². The van der Waals surface area contributed by atoms with Crippen molar-refractivity contribution < 1.29 is 23.1 Å². The van der Waals surface area contributed by atoms with Gasteiger partial charge in [0.05, 0.1) is 10.9 Å². The number of carbonyl (C=O) groups is 1. The molecule has 0 unspecified atom stereocenters. The Labute approximate surface area is 116 Å². The average molecular weight is 297 g/mol. The number of hydrogen-bond acceptors (Lipinski definition) is 2. The van der Waals surface area contributed by atoms with E-state index in [0.717, 1.165) is 4.57 Å². The number of aromatic carboxylic acids is 1. The molecule has 110 valence electrons. The second-order valence-corrected chi connectivity index (χ2v) is 5.09. The zero-order valence-electron chi connectivity index (χ0n) is 10.9. The van der Waals surface area contributed by atoms with E-state index in [-0.39, 0.29) is 22.7 Å². The maximum absolute atomic E-state index is 14.1. The predicted octanol–water partition coefficient (Wildman–Crippen LogP) is 2.76. The van der Waals surface area contributed by atoms with Gasteiger partial charge in [-0.25, -0.2) is 18.0 Å². The monoisotopic (exact) mass is 297 g/mol. The van der Waals surface area contributed by atoms with E-state index in [2.05, 4.69) is 0 Å². The summed E-state index contributed by atoms with van der Waals surface area (Å²) in [6, 6.07) is 0.297. The number of fused-ring (bicyclic) bond motifs is 1. The fourth-order valence-electron chi connectivity index (χ4n) is 2.56. The quantitative estimate of drug-likeness (QED) is 0.867. The highest BCUT2D eigenvalue weighted by Gasteiger charge is 2.33. The van der Waals surface area contributed by atoms with Gasteiger partial charge in [0.2, 0.25) is 0 Å². The Bertz CT molecular complexity index is 853. The lowest BCUT2D eigenvalue weighted by molar-refractivity contribution is 0.0683. The first-order chi connectivity index (χ1) is 9.84. The lowest BCUT2D eigenvalue weighted by Gasteiger charge is -2.17. The van der Waals surface area contributed by atoms with Crippen LogP contribution < -0.4 is 5.43 Å². The third-order valence-corrected chi connectivity index (χ3v) is 3.67. The third kappa shape index (κ3) is 1.84. The van der Waals surface area contributed by atoms with Crippen molar-refractivity contribution in [1.82, 2.24) is 4.57 Å². The standard InChI is InChI=1S/C14H10F3NO3/c1-5-11(14(20)21)18(6-2-3-6)12-7(13(5)19)4-8(15)9(16)10(12)17/h4,6H,2-3H2,1H3,(H,20,21). The van der Waals surface area contributed by atoms with Crippen molar-refractivity contribution in [1.29, 1.82) is 0 Å². The van der Waals surface area contributed by atoms with Crippen molar-refractivity contribution in [2.45, 2.75) is 25.8 Å². The van der Waals surface area contributed by atoms with Crippen LogP contribution in [0.25, 0.3) is 10.9 Å². The summed E-state index contributed by atoms with van der Waals surface area (Å²) < 4.78 is 42.0. The number of carboxylic acids is 1. The molecule has 0 atom stereocenters. The summed E-state index contributed by atoms with van der Waals surface area (Å²) in [7, 11) is 0. The second-order valence-electron chi connectivity index (χ2n) is 5.09. The van der Waals surface area contributed by atoms with Crippen LogP contribution in [0.3, 0.4) is 0 Å². The highest BCUT2D eigenvalue weighted by atomic mass is 19.2. The van der Waals surface area contributed by atoms with Crippen LogP contribution in [0.5, 0.6) is 0 Å². The highest BCUT2D eigenvalue weighted by Crippen LogP contribution is 2.39. The van der Waals surface area contributed by atoms with Crippen LogP contribution in [0.2, 0.25) is 0 Å². The van der Waals surface area contributed by atoms with E-state index in [1.54, 1.807) is 0 Å². The Morgan fingerprint density at radius 2 is 1.90 bits per heavy atom. The Balaban J connectivity index is 2.61. The zero-order valence-corrected chi connectivity index (χ0v) is 10.9. The number of halogens is 3. The molecule has 1 heterocycles. The second kappa shape index (κ2) is 4.34. The molecule has 3 rings (SSSR count). The van der Waals surface area contributed by atoms with Crippen LogP contribution in [0.4, 0.5) is 13.2 Å². The summed E-state index contributed by atoms with van der Waals surface area (Å²) >= 11 is 0. The number of pyridine rings is 1. The van der Waals surface area contributed by atoms with Crippen LogP contribution >= 0.6 is 0 Å². The van der Waals surface area contributed by atoms with Gasteiger partial charge in [0.1, 0.15) is 5.69 Å². The average Bonchev–Trinajstić information content (AvgIpc) is 3.24. The molecule has 1 fully saturated rings. The number of rotatable bonds is 2. The van der Waals surface area contributed by atoms with Crippen LogP contribution in [0, 0.1) is 24.4 Å². The van der Waals surface area contributed by atoms with Gasteiger partial charge in [-0.15, -0.1) is 0 Å². The number of nitrogens with zero attached hydrogens (tertiary/aromatic N) is 1. The molecule has 0 aliphatic heterocycles. The minimum absolute atomic E-state index is 0.118. The molecule has 1 aromatic carbocycles. The molecule has 0 saturated heterocycles. The maximum Gasteiger partial charge on any atom is 0.352 e. The molecule has 0 spiro atoms. The number of carboxylic acid groups (broad SMARTS) is 1. The number of aromatic nitrogens is 1. The molecule has 0 amide bonds. The largest absolute Gasteiger partial charge is 0.477 e. The summed E-state index contributed by atoms with van der Waals surface area (Å²) in [5, 5.41) is 8.93. The first kappa shape index (κ1) is 13.7. The Hall–Kier alpha value is -2.31. The molecule has 1 N–H and O–H groups in total. The maximum atomic E-state index is 14.1. The molecule has 0 radical (unpaired) electrons. The Morgan fingerprint density at radius 3 is 2.43 bits per heavy atom. The molecule has 4 nitrogen and oxygen atoms in total. The van der Waals surface area contributed by atoms with E-state index >= 15 is 0 Å². The van der Waals surface area contributed by atoms with Gasteiger partial charge in [0, 0.05) is 11.6 Å². The topological polar surface area (TPSA) is 59.3 Å². The van der Waals surface area contributed by atoms with E-state index in [1.165, 1.54) is 6.92 Å². The zero-order chi connectivity index (χ0) is 15.5. The first-order valence-electron chi connectivity index (χ1n) is 6.30. The molecule has 2 aromatic rings. The normalized spacial score (nSPS) is 14.7. The van der Waals surface area contributed by atoms with Crippen molar-refractivity contribution in [3.05, 3.63) is 45.0 Å². The van der Waals surface area contributed by atoms with Crippen LogP contribution in [0.1, 0.15) is 34.9 Å². The molecule has 1 aromatic heterocycles. The molecule has 1 saturated carbocycles. The number of benzene rings is 1. The van der Waals surface area contributed by atoms with E-state index in [1.807, 2.05) is 0 Å². The van der Waals surface area contributed by atoms with Gasteiger partial charge in [0.15, 0.2) is 22.9 Å². The number of hydrogen-bond donors (Lipinski definition) is 1. The molecular formula is C14H10F3NO3. The lowest BCUT2D eigenvalue weighted by atomic mass is 10.1. The van der Waals surface area contributed by atoms with Crippen LogP contribution in [-0.2, 0) is 0 Å². The summed E-state index contributed by atoms with van der Waals surface area (Å²) in [5.74, 6) is -6.11. The Morgan fingerprint density at radius 1 is 1.29 bits per heavy atom. The summed E-state index contributed by atoms with van der Waals surface area (Å²) in [6.45, 7) is 1.28. The van der Waals surface area contributed by atoms with Crippen LogP contribution in [0.15, 0.2) is 10.9 Å². The van der Waals surface area contributed by atoms with Gasteiger partial charge in [-0.2, -0.15) is 0 Å². The summed E-state index contributed by atoms with van der Waals surface area (Å²) in [5.41, 5.74) is -1.78. The van der Waals surface area contributed by atoms with Crippen LogP contribution in [-0.4, -0.2) is 15.6 Å². The van der Waals surface area contributed by atoms with Gasteiger partial charge in [0.25, 0.3) is 0 Å². The van der Waals surface area contributed by atoms with E-state index in [4.69, 9.17) is 0 Å². The smallest absolute Gasteiger partial charge is 0.352 e. The molecule has 7 heteroatoms. The Kier molecular flexibility index (Phi) is 2.82. The fraction of sp³-hybridized carbons (Fsp3) is 0.286. The van der Waals surface area contributed by atoms with Crippen molar-refractivity contribution in [2.24, 2.45) is 0 Å². The molecule has 0 bridgehead atoms. The first-order valence-corrected chi connectivity index (χ1v) is 6.30. The van der Waals surface area contributed by atoms with Gasteiger partial charge in [-0.1, -0.05) is 0 Å². The van der Waals surface area contributed by atoms with E-state index < -0.39 is 34.4 Å². The van der Waals surface area contributed by atoms with Crippen molar-refractivity contribution in [3.8, 4) is 0 Å². The fourth-order valence-corrected chi connectivity index (χ4v) is 2.56. The van der Waals surface area contributed by atoms with Gasteiger partial charge < -0.3 is 9.67 Å². The minimum atomic E-state index is -1.71. The van der Waals surface area contributed by atoms with Crippen molar-refractivity contribution >= 4 is 16.9 Å². The minimum Gasteiger partial charge on any atom is -0.477 e. The lowest BCUT2D eigenvalue weighted by Crippen LogP contribution is -2.23. The molecular weight excluding hydrogens is 287 g/mol. The van der Waals surface area contributed by atoms with Gasteiger partial charge >= 0.3 is 5.97 Å². The summed E-state index contributed by atoms with van der Waals surface area (Å²) in [4.78, 5) is 23.5. The predicted molar refractivity (Wildman–Crippen MR) is 68.0 cm³/mol. The summed E-state index contributed by atoms with van der Waals surface area (Å²) in [6.07, 6.45) is 1.19. The van der Waals surface area contributed by atoms with E-state index in [9.17, 15) is 27.9 Å². The third-order valence-electron chi connectivity index (χ3n) is 3.67. The van der Waals surface area contributed by atoms with Crippen molar-refractivity contribution in [2.75, 3.05) is 0 Å².